The molecule has 0 heterocycles. The van der Waals surface area contributed by atoms with Crippen LogP contribution in [0, 0.1) is 28.4 Å². The number of nitriles is 1. The third-order valence-electron chi connectivity index (χ3n) is 3.24. The summed E-state index contributed by atoms with van der Waals surface area (Å²) in [5.41, 5.74) is 1.27. The van der Waals surface area contributed by atoms with Crippen LogP contribution in [0.1, 0.15) is 11.1 Å². The second-order valence-corrected chi connectivity index (χ2v) is 5.31. The molecule has 0 radical (unpaired) electrons. The number of amides is 1. The maximum atomic E-state index is 12.3. The van der Waals surface area contributed by atoms with Crippen molar-refractivity contribution in [2.75, 3.05) is 5.32 Å². The van der Waals surface area contributed by atoms with Crippen LogP contribution in [0.5, 0.6) is 0 Å². The third kappa shape index (κ3) is 3.97. The largest absolute Gasteiger partial charge is 0.321 e. The fraction of sp³-hybridized carbons (Fsp3) is 0.0588. The molecule has 1 N–H and O–H groups in total. The van der Waals surface area contributed by atoms with Gasteiger partial charge >= 0.3 is 0 Å². The van der Waals surface area contributed by atoms with Crippen molar-refractivity contribution >= 4 is 35.0 Å². The minimum atomic E-state index is -0.616. The molecule has 0 atom stereocenters. The number of nitro benzene ring substituents is 1. The van der Waals surface area contributed by atoms with E-state index < -0.39 is 10.8 Å². The minimum absolute atomic E-state index is 0.0717. The third-order valence-corrected chi connectivity index (χ3v) is 3.58. The average Bonchev–Trinajstić information content (AvgIpc) is 2.55. The van der Waals surface area contributed by atoms with Gasteiger partial charge in [-0.15, -0.1) is 0 Å². The van der Waals surface area contributed by atoms with Crippen LogP contribution >= 0.6 is 11.6 Å². The lowest BCUT2D eigenvalue weighted by molar-refractivity contribution is -0.384. The van der Waals surface area contributed by atoms with E-state index in [2.05, 4.69) is 5.32 Å². The van der Waals surface area contributed by atoms with E-state index in [1.165, 1.54) is 24.3 Å². The summed E-state index contributed by atoms with van der Waals surface area (Å²) in [6.07, 6.45) is 1.39. The summed E-state index contributed by atoms with van der Waals surface area (Å²) in [5.74, 6) is -0.616. The molecule has 2 aromatic rings. The SMILES string of the molecule is Cc1cc([N+](=O)[O-])ccc1NC(=O)C(C#N)=Cc1ccccc1Cl. The fourth-order valence-corrected chi connectivity index (χ4v) is 2.18. The molecule has 0 saturated heterocycles. The number of halogens is 1. The Bertz CT molecular complexity index is 885. The van der Waals surface area contributed by atoms with Gasteiger partial charge in [-0.2, -0.15) is 5.26 Å². The van der Waals surface area contributed by atoms with Gasteiger partial charge < -0.3 is 5.32 Å². The first-order valence-electron chi connectivity index (χ1n) is 6.85. The van der Waals surface area contributed by atoms with Gasteiger partial charge in [0.25, 0.3) is 11.6 Å². The molecule has 0 aliphatic carbocycles. The molecule has 0 aliphatic rings. The smallest absolute Gasteiger partial charge is 0.269 e. The number of non-ortho nitro benzene ring substituents is 1. The van der Waals surface area contributed by atoms with Gasteiger partial charge in [-0.1, -0.05) is 29.8 Å². The van der Waals surface area contributed by atoms with Crippen molar-refractivity contribution in [1.82, 2.24) is 0 Å². The number of aryl methyl sites for hydroxylation is 1. The molecule has 6 nitrogen and oxygen atoms in total. The van der Waals surface area contributed by atoms with Crippen LogP contribution in [-0.2, 0) is 4.79 Å². The van der Waals surface area contributed by atoms with E-state index in [1.54, 1.807) is 31.2 Å². The van der Waals surface area contributed by atoms with Gasteiger partial charge in [-0.05, 0) is 36.3 Å². The Kier molecular flexibility index (Phi) is 5.30. The quantitative estimate of drug-likeness (QED) is 0.392. The molecule has 0 bridgehead atoms. The fourth-order valence-electron chi connectivity index (χ4n) is 1.99. The van der Waals surface area contributed by atoms with Crippen molar-refractivity contribution in [1.29, 1.82) is 5.26 Å². The van der Waals surface area contributed by atoms with E-state index >= 15 is 0 Å². The Labute approximate surface area is 143 Å². The molecule has 1 amide bonds. The van der Waals surface area contributed by atoms with Gasteiger partial charge in [0.2, 0.25) is 0 Å². The van der Waals surface area contributed by atoms with Crippen molar-refractivity contribution in [2.24, 2.45) is 0 Å². The van der Waals surface area contributed by atoms with Crippen molar-refractivity contribution in [3.05, 3.63) is 74.3 Å². The number of nitrogens with one attached hydrogen (secondary N) is 1. The standard InChI is InChI=1S/C17H12ClN3O3/c1-11-8-14(21(23)24)6-7-16(11)20-17(22)13(10-19)9-12-4-2-3-5-15(12)18/h2-9H,1H3,(H,20,22). The molecular formula is C17H12ClN3O3. The molecule has 0 fully saturated rings. The van der Waals surface area contributed by atoms with Gasteiger partial charge in [-0.25, -0.2) is 0 Å². The summed E-state index contributed by atoms with van der Waals surface area (Å²) in [6, 6.07) is 12.7. The van der Waals surface area contributed by atoms with E-state index in [0.717, 1.165) is 0 Å². The summed E-state index contributed by atoms with van der Waals surface area (Å²) < 4.78 is 0. The van der Waals surface area contributed by atoms with Gasteiger partial charge in [0.05, 0.1) is 4.92 Å². The monoisotopic (exact) mass is 341 g/mol. The Balaban J connectivity index is 2.26. The molecule has 0 aliphatic heterocycles. The van der Waals surface area contributed by atoms with Gasteiger partial charge in [0.1, 0.15) is 11.6 Å². The van der Waals surface area contributed by atoms with E-state index in [-0.39, 0.29) is 11.3 Å². The first kappa shape index (κ1) is 17.2. The maximum absolute atomic E-state index is 12.3. The van der Waals surface area contributed by atoms with E-state index in [9.17, 15) is 20.2 Å². The van der Waals surface area contributed by atoms with E-state index in [0.29, 0.717) is 21.8 Å². The van der Waals surface area contributed by atoms with Crippen molar-refractivity contribution in [3.8, 4) is 6.07 Å². The first-order valence-corrected chi connectivity index (χ1v) is 7.23. The molecule has 7 heteroatoms. The summed E-state index contributed by atoms with van der Waals surface area (Å²) in [5, 5.41) is 22.9. The molecule has 2 rings (SSSR count). The first-order chi connectivity index (χ1) is 11.4. The van der Waals surface area contributed by atoms with Crippen molar-refractivity contribution < 1.29 is 9.72 Å². The molecule has 0 spiro atoms. The molecule has 2 aromatic carbocycles. The van der Waals surface area contributed by atoms with Crippen LogP contribution < -0.4 is 5.32 Å². The van der Waals surface area contributed by atoms with Crippen LogP contribution in [0.4, 0.5) is 11.4 Å². The molecule has 0 unspecified atom stereocenters. The second kappa shape index (κ2) is 7.40. The summed E-state index contributed by atoms with van der Waals surface area (Å²) in [7, 11) is 0. The molecular weight excluding hydrogens is 330 g/mol. The van der Waals surface area contributed by atoms with Crippen molar-refractivity contribution in [3.63, 3.8) is 0 Å². The van der Waals surface area contributed by atoms with Crippen LogP contribution in [0.15, 0.2) is 48.0 Å². The van der Waals surface area contributed by atoms with Gasteiger partial charge in [0, 0.05) is 22.8 Å². The number of benzene rings is 2. The Hall–Kier alpha value is -3.17. The number of carbonyl (C=O) groups is 1. The summed E-state index contributed by atoms with van der Waals surface area (Å²) in [4.78, 5) is 22.5. The predicted molar refractivity (Wildman–Crippen MR) is 91.5 cm³/mol. The van der Waals surface area contributed by atoms with Crippen LogP contribution in [0.3, 0.4) is 0 Å². The normalized spacial score (nSPS) is 10.8. The highest BCUT2D eigenvalue weighted by molar-refractivity contribution is 6.32. The average molecular weight is 342 g/mol. The zero-order valence-electron chi connectivity index (χ0n) is 12.6. The maximum Gasteiger partial charge on any atom is 0.269 e. The Morgan fingerprint density at radius 3 is 2.62 bits per heavy atom. The summed E-state index contributed by atoms with van der Waals surface area (Å²) in [6.45, 7) is 1.63. The van der Waals surface area contributed by atoms with Crippen LogP contribution in [0.2, 0.25) is 5.02 Å². The number of rotatable bonds is 4. The lowest BCUT2D eigenvalue weighted by atomic mass is 10.1. The highest BCUT2D eigenvalue weighted by Gasteiger charge is 2.14. The van der Waals surface area contributed by atoms with Crippen LogP contribution in [0.25, 0.3) is 6.08 Å². The van der Waals surface area contributed by atoms with Crippen LogP contribution in [-0.4, -0.2) is 10.8 Å². The number of nitrogens with zero attached hydrogens (tertiary/aromatic N) is 2. The lowest BCUT2D eigenvalue weighted by Crippen LogP contribution is -2.14. The molecule has 0 saturated carbocycles. The van der Waals surface area contributed by atoms with Gasteiger partial charge in [0.15, 0.2) is 0 Å². The number of hydrogen-bond donors (Lipinski definition) is 1. The number of hydrogen-bond acceptors (Lipinski definition) is 4. The number of anilines is 1. The predicted octanol–water partition coefficient (Wildman–Crippen LogP) is 4.10. The lowest BCUT2D eigenvalue weighted by Gasteiger charge is -2.08. The zero-order valence-corrected chi connectivity index (χ0v) is 13.4. The molecule has 24 heavy (non-hydrogen) atoms. The molecule has 0 aromatic heterocycles. The minimum Gasteiger partial charge on any atom is -0.321 e. The number of nitro groups is 1. The molecule has 120 valence electrons. The second-order valence-electron chi connectivity index (χ2n) is 4.90. The zero-order chi connectivity index (χ0) is 17.7. The van der Waals surface area contributed by atoms with Gasteiger partial charge in [-0.3, -0.25) is 14.9 Å². The topological polar surface area (TPSA) is 96.0 Å². The van der Waals surface area contributed by atoms with Crippen molar-refractivity contribution in [2.45, 2.75) is 6.92 Å². The Morgan fingerprint density at radius 2 is 2.04 bits per heavy atom. The highest BCUT2D eigenvalue weighted by Crippen LogP contribution is 2.22. The van der Waals surface area contributed by atoms with E-state index in [4.69, 9.17) is 11.6 Å². The number of carbonyl (C=O) groups excluding carboxylic acids is 1. The summed E-state index contributed by atoms with van der Waals surface area (Å²) >= 11 is 6.01. The highest BCUT2D eigenvalue weighted by atomic mass is 35.5. The Morgan fingerprint density at radius 1 is 1.33 bits per heavy atom. The van der Waals surface area contributed by atoms with E-state index in [1.807, 2.05) is 6.07 Å².